The number of aliphatic hydroxyl groups excluding tert-OH is 3. The van der Waals surface area contributed by atoms with Crippen molar-refractivity contribution in [3.8, 4) is 0 Å². The smallest absolute Gasteiger partial charge is 0.394 e. The Bertz CT molecular complexity index is 350. The fourth-order valence-electron chi connectivity index (χ4n) is 1.78. The minimum Gasteiger partial charge on any atom is -0.394 e. The Balaban J connectivity index is 2.60. The molecule has 1 fully saturated rings. The molecule has 0 aromatic carbocycles. The molecule has 7 N–H and O–H groups in total. The number of rotatable bonds is 6. The van der Waals surface area contributed by atoms with Crippen LogP contribution >= 0.6 is 7.82 Å². The Morgan fingerprint density at radius 2 is 2.00 bits per heavy atom. The van der Waals surface area contributed by atoms with Crippen LogP contribution in [0.4, 0.5) is 0 Å². The van der Waals surface area contributed by atoms with Crippen LogP contribution in [0, 0.1) is 0 Å². The topological polar surface area (TPSA) is 172 Å². The van der Waals surface area contributed by atoms with Gasteiger partial charge in [0.1, 0.15) is 18.3 Å². The number of hydrogen-bond acceptors (Lipinski definition) is 8. The van der Waals surface area contributed by atoms with Crippen molar-refractivity contribution in [2.24, 2.45) is 5.73 Å². The van der Waals surface area contributed by atoms with Crippen molar-refractivity contribution in [1.82, 2.24) is 0 Å². The van der Waals surface area contributed by atoms with E-state index in [2.05, 4.69) is 4.52 Å². The zero-order valence-corrected chi connectivity index (χ0v) is 11.7. The predicted molar refractivity (Wildman–Crippen MR) is 64.3 cm³/mol. The highest BCUT2D eigenvalue weighted by molar-refractivity contribution is 7.46. The second kappa shape index (κ2) is 7.23. The lowest BCUT2D eigenvalue weighted by Gasteiger charge is -2.41. The fourth-order valence-corrected chi connectivity index (χ4v) is 2.19. The molecule has 10 nitrogen and oxygen atoms in total. The zero-order chi connectivity index (χ0) is 15.5. The maximum absolute atomic E-state index is 10.6. The van der Waals surface area contributed by atoms with E-state index in [9.17, 15) is 14.8 Å². The van der Waals surface area contributed by atoms with Crippen LogP contribution in [0.3, 0.4) is 0 Å². The zero-order valence-electron chi connectivity index (χ0n) is 10.8. The molecule has 0 saturated carbocycles. The van der Waals surface area contributed by atoms with Crippen molar-refractivity contribution in [2.75, 3.05) is 13.2 Å². The monoisotopic (exact) mass is 317 g/mol. The summed E-state index contributed by atoms with van der Waals surface area (Å²) in [5.41, 5.74) is 5.62. The summed E-state index contributed by atoms with van der Waals surface area (Å²) in [6, 6.07) is -1.08. The van der Waals surface area contributed by atoms with Crippen molar-refractivity contribution in [2.45, 2.75) is 43.7 Å². The van der Waals surface area contributed by atoms with E-state index in [4.69, 9.17) is 30.1 Å². The van der Waals surface area contributed by atoms with Crippen molar-refractivity contribution < 1.29 is 43.7 Å². The van der Waals surface area contributed by atoms with E-state index >= 15 is 0 Å². The first-order chi connectivity index (χ1) is 9.15. The Morgan fingerprint density at radius 3 is 2.50 bits per heavy atom. The molecule has 1 heterocycles. The molecule has 0 bridgehead atoms. The molecule has 0 aromatic rings. The quantitative estimate of drug-likeness (QED) is 0.282. The molecule has 0 amide bonds. The van der Waals surface area contributed by atoms with Gasteiger partial charge in [-0.25, -0.2) is 4.57 Å². The summed E-state index contributed by atoms with van der Waals surface area (Å²) in [6.07, 6.45) is -5.68. The summed E-state index contributed by atoms with van der Waals surface area (Å²) < 4.78 is 25.0. The van der Waals surface area contributed by atoms with Crippen molar-refractivity contribution in [3.63, 3.8) is 0 Å². The lowest BCUT2D eigenvalue weighted by Crippen LogP contribution is -2.63. The highest BCUT2D eigenvalue weighted by Crippen LogP contribution is 2.36. The summed E-state index contributed by atoms with van der Waals surface area (Å²) >= 11 is 0. The van der Waals surface area contributed by atoms with Crippen LogP contribution in [-0.4, -0.2) is 75.1 Å². The number of phosphoric ester groups is 1. The van der Waals surface area contributed by atoms with Gasteiger partial charge in [0.25, 0.3) is 0 Å². The number of ether oxygens (including phenoxy) is 2. The molecule has 11 heteroatoms. The Kier molecular flexibility index (Phi) is 6.48. The van der Waals surface area contributed by atoms with E-state index in [0.717, 1.165) is 0 Å². The summed E-state index contributed by atoms with van der Waals surface area (Å²) in [4.78, 5) is 17.1. The van der Waals surface area contributed by atoms with Gasteiger partial charge in [0.05, 0.1) is 25.4 Å². The van der Waals surface area contributed by atoms with Gasteiger partial charge in [-0.2, -0.15) is 0 Å². The third-order valence-corrected chi connectivity index (χ3v) is 3.27. The summed E-state index contributed by atoms with van der Waals surface area (Å²) in [5, 5.41) is 28.4. The summed E-state index contributed by atoms with van der Waals surface area (Å²) in [6.45, 7) is 0.476. The van der Waals surface area contributed by atoms with Crippen LogP contribution in [0.1, 0.15) is 6.92 Å². The summed E-state index contributed by atoms with van der Waals surface area (Å²) in [5.74, 6) is 0. The average Bonchev–Trinajstić information content (AvgIpc) is 2.35. The van der Waals surface area contributed by atoms with Crippen LogP contribution in [0.15, 0.2) is 0 Å². The number of phosphoric acid groups is 1. The van der Waals surface area contributed by atoms with Gasteiger partial charge in [0, 0.05) is 0 Å². The summed E-state index contributed by atoms with van der Waals surface area (Å²) in [7, 11) is -4.62. The first-order valence-electron chi connectivity index (χ1n) is 5.89. The third kappa shape index (κ3) is 5.01. The second-order valence-electron chi connectivity index (χ2n) is 4.51. The molecular weight excluding hydrogens is 297 g/mol. The molecule has 0 spiro atoms. The van der Waals surface area contributed by atoms with E-state index in [1.165, 1.54) is 6.92 Å². The lowest BCUT2D eigenvalue weighted by molar-refractivity contribution is -0.263. The van der Waals surface area contributed by atoms with Gasteiger partial charge in [-0.1, -0.05) is 0 Å². The van der Waals surface area contributed by atoms with Crippen molar-refractivity contribution >= 4 is 7.82 Å². The third-order valence-electron chi connectivity index (χ3n) is 2.79. The molecule has 20 heavy (non-hydrogen) atoms. The molecule has 0 aliphatic carbocycles. The molecule has 1 aliphatic heterocycles. The van der Waals surface area contributed by atoms with E-state index < -0.39 is 57.8 Å². The molecular formula is C9H20NO9P. The normalized spacial score (nSPS) is 36.9. The van der Waals surface area contributed by atoms with Gasteiger partial charge in [-0.3, -0.25) is 4.52 Å². The van der Waals surface area contributed by atoms with E-state index in [0.29, 0.717) is 0 Å². The van der Waals surface area contributed by atoms with Crippen LogP contribution in [0.25, 0.3) is 0 Å². The first-order valence-corrected chi connectivity index (χ1v) is 7.42. The largest absolute Gasteiger partial charge is 0.469 e. The maximum atomic E-state index is 10.6. The van der Waals surface area contributed by atoms with Crippen LogP contribution in [-0.2, 0) is 18.6 Å². The van der Waals surface area contributed by atoms with Gasteiger partial charge in [0.15, 0.2) is 6.29 Å². The van der Waals surface area contributed by atoms with Gasteiger partial charge >= 0.3 is 7.82 Å². The highest BCUT2D eigenvalue weighted by atomic mass is 31.2. The van der Waals surface area contributed by atoms with Crippen LogP contribution in [0.5, 0.6) is 0 Å². The van der Waals surface area contributed by atoms with E-state index in [-0.39, 0.29) is 0 Å². The van der Waals surface area contributed by atoms with Crippen molar-refractivity contribution in [3.05, 3.63) is 0 Å². The number of nitrogens with two attached hydrogens (primary N) is 1. The highest BCUT2D eigenvalue weighted by Gasteiger charge is 2.44. The Hall–Kier alpha value is -0.130. The minimum atomic E-state index is -4.62. The van der Waals surface area contributed by atoms with E-state index in [1.807, 2.05) is 0 Å². The molecule has 1 rings (SSSR count). The predicted octanol–water partition coefficient (Wildman–Crippen LogP) is -2.73. The average molecular weight is 317 g/mol. The molecule has 0 aromatic heterocycles. The molecule has 1 aliphatic rings. The van der Waals surface area contributed by atoms with Gasteiger partial charge < -0.3 is 40.3 Å². The lowest BCUT2D eigenvalue weighted by atomic mass is 9.97. The first kappa shape index (κ1) is 17.9. The van der Waals surface area contributed by atoms with Crippen molar-refractivity contribution in [1.29, 1.82) is 0 Å². The van der Waals surface area contributed by atoms with E-state index in [1.54, 1.807) is 0 Å². The molecule has 0 radical (unpaired) electrons. The van der Waals surface area contributed by atoms with Gasteiger partial charge in [-0.05, 0) is 6.92 Å². The van der Waals surface area contributed by atoms with Crippen LogP contribution < -0.4 is 5.73 Å². The maximum Gasteiger partial charge on any atom is 0.469 e. The second-order valence-corrected chi connectivity index (χ2v) is 5.75. The SMILES string of the molecule is CC(COP(=O)(O)O)O[C@@H]1[C@@H](N)[C@@H](O)O[C@H](CO)[C@H]1O. The fraction of sp³-hybridized carbons (Fsp3) is 1.00. The molecule has 1 unspecified atom stereocenters. The van der Waals surface area contributed by atoms with Gasteiger partial charge in [-0.15, -0.1) is 0 Å². The number of hydrogen-bond donors (Lipinski definition) is 6. The standard InChI is InChI=1S/C9H20NO9P/c1-4(3-17-20(14,15)16)18-8-6(10)9(13)19-5(2-11)7(8)12/h4-9,11-13H,2-3,10H2,1H3,(H2,14,15,16)/t4?,5-,6-,7-,8-,9+/m1/s1. The molecule has 1 saturated heterocycles. The molecule has 120 valence electrons. The number of aliphatic hydroxyl groups is 3. The van der Waals surface area contributed by atoms with Gasteiger partial charge in [0.2, 0.25) is 0 Å². The molecule has 6 atom stereocenters. The van der Waals surface area contributed by atoms with Crippen LogP contribution in [0.2, 0.25) is 0 Å². The minimum absolute atomic E-state index is 0.430. The Labute approximate surface area is 115 Å². The Morgan fingerprint density at radius 1 is 1.40 bits per heavy atom.